The van der Waals surface area contributed by atoms with Crippen molar-refractivity contribution in [2.75, 3.05) is 18.8 Å². The van der Waals surface area contributed by atoms with Gasteiger partial charge in [-0.3, -0.25) is 4.79 Å². The van der Waals surface area contributed by atoms with Gasteiger partial charge in [0.25, 0.3) is 5.91 Å². The molecule has 0 saturated carbocycles. The first-order chi connectivity index (χ1) is 8.39. The predicted molar refractivity (Wildman–Crippen MR) is 74.3 cm³/mol. The molecule has 1 fully saturated rings. The molecule has 2 rings (SSSR count). The number of carbonyl (C=O) groups is 1. The molecule has 0 spiro atoms. The third-order valence-corrected chi connectivity index (χ3v) is 3.93. The Morgan fingerprint density at radius 1 is 1.56 bits per heavy atom. The molecule has 1 saturated heterocycles. The van der Waals surface area contributed by atoms with E-state index in [4.69, 9.17) is 5.73 Å². The van der Waals surface area contributed by atoms with Crippen LogP contribution in [0.4, 0.5) is 5.69 Å². The fourth-order valence-electron chi connectivity index (χ4n) is 2.25. The highest BCUT2D eigenvalue weighted by molar-refractivity contribution is 9.10. The minimum Gasteiger partial charge on any atom is -0.398 e. The topological polar surface area (TPSA) is 66.6 Å². The van der Waals surface area contributed by atoms with Gasteiger partial charge < -0.3 is 15.7 Å². The molecule has 0 bridgehead atoms. The monoisotopic (exact) mass is 312 g/mol. The van der Waals surface area contributed by atoms with Gasteiger partial charge in [0.2, 0.25) is 0 Å². The van der Waals surface area contributed by atoms with Crippen molar-refractivity contribution in [1.82, 2.24) is 4.90 Å². The summed E-state index contributed by atoms with van der Waals surface area (Å²) in [4.78, 5) is 14.0. The summed E-state index contributed by atoms with van der Waals surface area (Å²) >= 11 is 3.30. The molecule has 1 aliphatic heterocycles. The molecule has 1 amide bonds. The quantitative estimate of drug-likeness (QED) is 0.780. The number of aliphatic hydroxyl groups is 1. The standard InChI is InChI=1S/C13H17BrN2O2/c1-13(18)5-2-6-16(8-13)12(17)9-3-4-10(14)11(15)7-9/h3-4,7,18H,2,5-6,8,15H2,1H3. The fraction of sp³-hybridized carbons (Fsp3) is 0.462. The number of likely N-dealkylation sites (tertiary alicyclic amines) is 1. The number of hydrogen-bond acceptors (Lipinski definition) is 3. The normalized spacial score (nSPS) is 24.1. The lowest BCUT2D eigenvalue weighted by atomic mass is 9.94. The lowest BCUT2D eigenvalue weighted by molar-refractivity contribution is -0.0107. The van der Waals surface area contributed by atoms with Crippen molar-refractivity contribution in [3.63, 3.8) is 0 Å². The van der Waals surface area contributed by atoms with E-state index in [0.29, 0.717) is 24.3 Å². The number of piperidine rings is 1. The Kier molecular flexibility index (Phi) is 3.64. The molecule has 0 aliphatic carbocycles. The van der Waals surface area contributed by atoms with Crippen LogP contribution < -0.4 is 5.73 Å². The number of nitrogens with zero attached hydrogens (tertiary/aromatic N) is 1. The van der Waals surface area contributed by atoms with Gasteiger partial charge in [-0.05, 0) is 53.9 Å². The maximum atomic E-state index is 12.3. The molecule has 1 heterocycles. The van der Waals surface area contributed by atoms with E-state index in [1.165, 1.54) is 0 Å². The molecule has 18 heavy (non-hydrogen) atoms. The highest BCUT2D eigenvalue weighted by atomic mass is 79.9. The number of anilines is 1. The second-order valence-corrected chi connectivity index (χ2v) is 5.92. The number of rotatable bonds is 1. The zero-order valence-corrected chi connectivity index (χ0v) is 11.9. The molecule has 98 valence electrons. The Morgan fingerprint density at radius 2 is 2.28 bits per heavy atom. The summed E-state index contributed by atoms with van der Waals surface area (Å²) in [6.45, 7) is 2.83. The number of nitrogens with two attached hydrogens (primary N) is 1. The van der Waals surface area contributed by atoms with Crippen LogP contribution in [-0.2, 0) is 0 Å². The maximum Gasteiger partial charge on any atom is 0.254 e. The maximum absolute atomic E-state index is 12.3. The Bertz CT molecular complexity index is 474. The highest BCUT2D eigenvalue weighted by Gasteiger charge is 2.31. The van der Waals surface area contributed by atoms with Crippen molar-refractivity contribution in [3.8, 4) is 0 Å². The number of nitrogen functional groups attached to an aromatic ring is 1. The van der Waals surface area contributed by atoms with Gasteiger partial charge in [0, 0.05) is 28.8 Å². The van der Waals surface area contributed by atoms with E-state index in [1.54, 1.807) is 30.0 Å². The number of carbonyl (C=O) groups excluding carboxylic acids is 1. The molecule has 4 nitrogen and oxygen atoms in total. The number of β-amino-alcohol motifs (C(OH)–C–C–N with tert-alkyl or cyclic N) is 1. The lowest BCUT2D eigenvalue weighted by Gasteiger charge is -2.36. The van der Waals surface area contributed by atoms with Gasteiger partial charge in [0.15, 0.2) is 0 Å². The van der Waals surface area contributed by atoms with Crippen LogP contribution in [0.1, 0.15) is 30.1 Å². The summed E-state index contributed by atoms with van der Waals surface area (Å²) in [6, 6.07) is 5.17. The van der Waals surface area contributed by atoms with Gasteiger partial charge in [0.1, 0.15) is 0 Å². The van der Waals surface area contributed by atoms with E-state index < -0.39 is 5.60 Å². The zero-order valence-electron chi connectivity index (χ0n) is 10.3. The molecule has 1 unspecified atom stereocenters. The molecule has 0 aromatic heterocycles. The average Bonchev–Trinajstić information content (AvgIpc) is 2.30. The number of benzene rings is 1. The Hall–Kier alpha value is -1.07. The molecule has 5 heteroatoms. The van der Waals surface area contributed by atoms with E-state index in [2.05, 4.69) is 15.9 Å². The molecule has 1 aliphatic rings. The van der Waals surface area contributed by atoms with E-state index in [-0.39, 0.29) is 5.91 Å². The van der Waals surface area contributed by atoms with E-state index >= 15 is 0 Å². The van der Waals surface area contributed by atoms with E-state index in [9.17, 15) is 9.90 Å². The second-order valence-electron chi connectivity index (χ2n) is 5.06. The van der Waals surface area contributed by atoms with Crippen LogP contribution >= 0.6 is 15.9 Å². The van der Waals surface area contributed by atoms with Gasteiger partial charge in [-0.15, -0.1) is 0 Å². The summed E-state index contributed by atoms with van der Waals surface area (Å²) in [5, 5.41) is 10.0. The van der Waals surface area contributed by atoms with Crippen LogP contribution in [0.2, 0.25) is 0 Å². The average molecular weight is 313 g/mol. The molecule has 3 N–H and O–H groups in total. The van der Waals surface area contributed by atoms with Gasteiger partial charge in [-0.2, -0.15) is 0 Å². The molecular formula is C13H17BrN2O2. The van der Waals surface area contributed by atoms with Crippen molar-refractivity contribution < 1.29 is 9.90 Å². The SMILES string of the molecule is CC1(O)CCCN(C(=O)c2ccc(Br)c(N)c2)C1. The van der Waals surface area contributed by atoms with Gasteiger partial charge in [-0.1, -0.05) is 0 Å². The van der Waals surface area contributed by atoms with Gasteiger partial charge >= 0.3 is 0 Å². The van der Waals surface area contributed by atoms with Crippen molar-refractivity contribution >= 4 is 27.5 Å². The number of hydrogen-bond donors (Lipinski definition) is 2. The minimum atomic E-state index is -0.783. The van der Waals surface area contributed by atoms with Crippen molar-refractivity contribution in [3.05, 3.63) is 28.2 Å². The van der Waals surface area contributed by atoms with Crippen LogP contribution in [0.3, 0.4) is 0 Å². The van der Waals surface area contributed by atoms with E-state index in [0.717, 1.165) is 17.3 Å². The first kappa shape index (κ1) is 13.4. The number of halogens is 1. The summed E-state index contributed by atoms with van der Waals surface area (Å²) < 4.78 is 0.782. The molecule has 0 radical (unpaired) electrons. The second kappa shape index (κ2) is 4.90. The first-order valence-corrected chi connectivity index (χ1v) is 6.75. The van der Waals surface area contributed by atoms with Crippen molar-refractivity contribution in [2.24, 2.45) is 0 Å². The highest BCUT2D eigenvalue weighted by Crippen LogP contribution is 2.24. The van der Waals surface area contributed by atoms with Crippen LogP contribution in [0.25, 0.3) is 0 Å². The Morgan fingerprint density at radius 3 is 2.89 bits per heavy atom. The summed E-state index contributed by atoms with van der Waals surface area (Å²) in [7, 11) is 0. The smallest absolute Gasteiger partial charge is 0.254 e. The third-order valence-electron chi connectivity index (χ3n) is 3.21. The van der Waals surface area contributed by atoms with Crippen LogP contribution in [0, 0.1) is 0 Å². The van der Waals surface area contributed by atoms with Gasteiger partial charge in [-0.25, -0.2) is 0 Å². The summed E-state index contributed by atoms with van der Waals surface area (Å²) in [5.41, 5.74) is 6.10. The Labute approximate surface area is 115 Å². The molecule has 1 aromatic carbocycles. The molecule has 1 aromatic rings. The third kappa shape index (κ3) is 2.84. The minimum absolute atomic E-state index is 0.0748. The first-order valence-electron chi connectivity index (χ1n) is 5.96. The largest absolute Gasteiger partial charge is 0.398 e. The van der Waals surface area contributed by atoms with Crippen LogP contribution in [0.15, 0.2) is 22.7 Å². The van der Waals surface area contributed by atoms with Gasteiger partial charge in [0.05, 0.1) is 5.60 Å². The fourth-order valence-corrected chi connectivity index (χ4v) is 2.50. The lowest BCUT2D eigenvalue weighted by Crippen LogP contribution is -2.48. The van der Waals surface area contributed by atoms with Crippen LogP contribution in [-0.4, -0.2) is 34.6 Å². The predicted octanol–water partition coefficient (Wildman–Crippen LogP) is 2.02. The van der Waals surface area contributed by atoms with Crippen LogP contribution in [0.5, 0.6) is 0 Å². The zero-order chi connectivity index (χ0) is 13.3. The van der Waals surface area contributed by atoms with Crippen molar-refractivity contribution in [1.29, 1.82) is 0 Å². The molecular weight excluding hydrogens is 296 g/mol. The Balaban J connectivity index is 2.18. The summed E-state index contributed by atoms with van der Waals surface area (Å²) in [5.74, 6) is -0.0748. The van der Waals surface area contributed by atoms with E-state index in [1.807, 2.05) is 0 Å². The molecule has 1 atom stereocenters. The summed E-state index contributed by atoms with van der Waals surface area (Å²) in [6.07, 6.45) is 1.56. The number of amides is 1. The van der Waals surface area contributed by atoms with Crippen molar-refractivity contribution in [2.45, 2.75) is 25.4 Å².